The molecule has 2 aliphatic rings. The summed E-state index contributed by atoms with van der Waals surface area (Å²) in [4.78, 5) is -1.46. The van der Waals surface area contributed by atoms with E-state index < -0.39 is 15.0 Å². The molecule has 0 bridgehead atoms. The fraction of sp³-hybridized carbons (Fsp3) is 1.00. The molecule has 1 aliphatic heterocycles. The second kappa shape index (κ2) is 4.03. The summed E-state index contributed by atoms with van der Waals surface area (Å²) >= 11 is 0. The van der Waals surface area contributed by atoms with Crippen LogP contribution in [0.1, 0.15) is 44.9 Å². The Morgan fingerprint density at radius 2 is 1.47 bits per heavy atom. The molecular formula is C10H19NO3S. The van der Waals surface area contributed by atoms with Crippen LogP contribution in [0.25, 0.3) is 0 Å². The van der Waals surface area contributed by atoms with E-state index in [2.05, 4.69) is 0 Å². The molecule has 0 aromatic rings. The lowest BCUT2D eigenvalue weighted by Gasteiger charge is -2.34. The molecular weight excluding hydrogens is 214 g/mol. The summed E-state index contributed by atoms with van der Waals surface area (Å²) in [5, 5.41) is 10.2. The van der Waals surface area contributed by atoms with Crippen molar-refractivity contribution >= 4 is 10.0 Å². The van der Waals surface area contributed by atoms with Crippen LogP contribution < -0.4 is 0 Å². The first-order valence-electron chi connectivity index (χ1n) is 5.78. The molecule has 1 saturated carbocycles. The molecule has 0 amide bonds. The summed E-state index contributed by atoms with van der Waals surface area (Å²) in [5.41, 5.74) is 0. The number of hydrogen-bond donors (Lipinski definition) is 1. The van der Waals surface area contributed by atoms with Gasteiger partial charge < -0.3 is 5.11 Å². The highest BCUT2D eigenvalue weighted by molar-refractivity contribution is 7.90. The lowest BCUT2D eigenvalue weighted by atomic mass is 9.97. The smallest absolute Gasteiger partial charge is 0.243 e. The first kappa shape index (κ1) is 11.4. The van der Waals surface area contributed by atoms with Gasteiger partial charge in [0.05, 0.1) is 0 Å². The SMILES string of the molecule is O=S(=O)(N1CCCC1)C1(O)CCCCC1. The Kier molecular flexibility index (Phi) is 3.05. The maximum Gasteiger partial charge on any atom is 0.243 e. The van der Waals surface area contributed by atoms with Crippen LogP contribution in [0.4, 0.5) is 0 Å². The average Bonchev–Trinajstić information content (AvgIpc) is 2.72. The molecule has 0 radical (unpaired) electrons. The highest BCUT2D eigenvalue weighted by Crippen LogP contribution is 2.35. The van der Waals surface area contributed by atoms with Crippen molar-refractivity contribution in [2.24, 2.45) is 0 Å². The lowest BCUT2D eigenvalue weighted by molar-refractivity contribution is 0.0767. The van der Waals surface area contributed by atoms with E-state index in [0.29, 0.717) is 25.9 Å². The Bertz CT molecular complexity index is 314. The van der Waals surface area contributed by atoms with Crippen molar-refractivity contribution in [1.82, 2.24) is 4.31 Å². The Morgan fingerprint density at radius 1 is 0.933 bits per heavy atom. The van der Waals surface area contributed by atoms with Crippen molar-refractivity contribution in [3.8, 4) is 0 Å². The number of sulfonamides is 1. The number of aliphatic hydroxyl groups is 1. The van der Waals surface area contributed by atoms with E-state index in [-0.39, 0.29) is 0 Å². The third-order valence-corrected chi connectivity index (χ3v) is 5.93. The zero-order valence-corrected chi connectivity index (χ0v) is 9.80. The average molecular weight is 233 g/mol. The van der Waals surface area contributed by atoms with Crippen LogP contribution in [-0.2, 0) is 10.0 Å². The van der Waals surface area contributed by atoms with Crippen LogP contribution in [-0.4, -0.2) is 35.9 Å². The summed E-state index contributed by atoms with van der Waals surface area (Å²) in [6.45, 7) is 1.18. The molecule has 5 heteroatoms. The largest absolute Gasteiger partial charge is 0.373 e. The molecule has 2 fully saturated rings. The van der Waals surface area contributed by atoms with Gasteiger partial charge in [-0.2, -0.15) is 4.31 Å². The molecule has 0 atom stereocenters. The van der Waals surface area contributed by atoms with Gasteiger partial charge in [0, 0.05) is 13.1 Å². The Labute approximate surface area is 91.3 Å². The molecule has 0 spiro atoms. The summed E-state index contributed by atoms with van der Waals surface area (Å²) < 4.78 is 25.8. The van der Waals surface area contributed by atoms with E-state index in [9.17, 15) is 13.5 Å². The van der Waals surface area contributed by atoms with Crippen LogP contribution in [0.15, 0.2) is 0 Å². The molecule has 1 N–H and O–H groups in total. The molecule has 0 unspecified atom stereocenters. The van der Waals surface area contributed by atoms with Gasteiger partial charge in [0.1, 0.15) is 0 Å². The normalized spacial score (nSPS) is 28.1. The van der Waals surface area contributed by atoms with Gasteiger partial charge in [-0.25, -0.2) is 8.42 Å². The maximum absolute atomic E-state index is 12.2. The molecule has 1 saturated heterocycles. The van der Waals surface area contributed by atoms with Gasteiger partial charge in [0.25, 0.3) is 0 Å². The zero-order valence-electron chi connectivity index (χ0n) is 8.98. The van der Waals surface area contributed by atoms with Gasteiger partial charge in [-0.15, -0.1) is 0 Å². The van der Waals surface area contributed by atoms with Crippen molar-refractivity contribution < 1.29 is 13.5 Å². The van der Waals surface area contributed by atoms with Gasteiger partial charge in [0.15, 0.2) is 4.93 Å². The standard InChI is InChI=1S/C10H19NO3S/c12-10(6-2-1-3-7-10)15(13,14)11-8-4-5-9-11/h12H,1-9H2. The molecule has 88 valence electrons. The summed E-state index contributed by atoms with van der Waals surface area (Å²) in [6, 6.07) is 0. The first-order valence-corrected chi connectivity index (χ1v) is 7.22. The summed E-state index contributed by atoms with van der Waals surface area (Å²) in [5.74, 6) is 0. The molecule has 2 rings (SSSR count). The van der Waals surface area contributed by atoms with Crippen LogP contribution in [0.3, 0.4) is 0 Å². The second-order valence-electron chi connectivity index (χ2n) is 4.62. The van der Waals surface area contributed by atoms with Gasteiger partial charge in [0.2, 0.25) is 10.0 Å². The van der Waals surface area contributed by atoms with Crippen molar-refractivity contribution in [2.75, 3.05) is 13.1 Å². The fourth-order valence-corrected chi connectivity index (χ4v) is 4.56. The second-order valence-corrected chi connectivity index (χ2v) is 6.84. The van der Waals surface area contributed by atoms with Crippen LogP contribution in [0.5, 0.6) is 0 Å². The van der Waals surface area contributed by atoms with Gasteiger partial charge in [-0.3, -0.25) is 0 Å². The Balaban J connectivity index is 2.19. The zero-order chi connectivity index (χ0) is 10.9. The molecule has 15 heavy (non-hydrogen) atoms. The molecule has 0 aromatic carbocycles. The van der Waals surface area contributed by atoms with E-state index in [1.807, 2.05) is 0 Å². The number of hydrogen-bond acceptors (Lipinski definition) is 3. The highest BCUT2D eigenvalue weighted by Gasteiger charge is 2.46. The topological polar surface area (TPSA) is 57.6 Å². The van der Waals surface area contributed by atoms with Crippen molar-refractivity contribution in [2.45, 2.75) is 49.9 Å². The first-order chi connectivity index (χ1) is 7.06. The minimum Gasteiger partial charge on any atom is -0.373 e. The van der Waals surface area contributed by atoms with Crippen LogP contribution in [0.2, 0.25) is 0 Å². The molecule has 1 aliphatic carbocycles. The summed E-state index contributed by atoms with van der Waals surface area (Å²) in [7, 11) is -3.47. The van der Waals surface area contributed by atoms with E-state index in [1.165, 1.54) is 4.31 Å². The van der Waals surface area contributed by atoms with Crippen LogP contribution >= 0.6 is 0 Å². The maximum atomic E-state index is 12.2. The molecule has 4 nitrogen and oxygen atoms in total. The predicted octanol–water partition coefficient (Wildman–Crippen LogP) is 1.06. The Hall–Kier alpha value is -0.130. The van der Waals surface area contributed by atoms with E-state index in [1.54, 1.807) is 0 Å². The van der Waals surface area contributed by atoms with Crippen molar-refractivity contribution in [1.29, 1.82) is 0 Å². The van der Waals surface area contributed by atoms with Crippen molar-refractivity contribution in [3.63, 3.8) is 0 Å². The monoisotopic (exact) mass is 233 g/mol. The van der Waals surface area contributed by atoms with Gasteiger partial charge in [-0.05, 0) is 38.5 Å². The lowest BCUT2D eigenvalue weighted by Crippen LogP contribution is -2.48. The van der Waals surface area contributed by atoms with Gasteiger partial charge >= 0.3 is 0 Å². The third kappa shape index (κ3) is 1.92. The molecule has 0 aromatic heterocycles. The Morgan fingerprint density at radius 3 is 2.00 bits per heavy atom. The number of nitrogens with zero attached hydrogens (tertiary/aromatic N) is 1. The predicted molar refractivity (Wildman–Crippen MR) is 57.8 cm³/mol. The van der Waals surface area contributed by atoms with E-state index >= 15 is 0 Å². The summed E-state index contributed by atoms with van der Waals surface area (Å²) in [6.07, 6.45) is 5.35. The number of rotatable bonds is 2. The minimum absolute atomic E-state index is 0.409. The minimum atomic E-state index is -3.47. The molecule has 1 heterocycles. The quantitative estimate of drug-likeness (QED) is 0.776. The van der Waals surface area contributed by atoms with E-state index in [4.69, 9.17) is 0 Å². The van der Waals surface area contributed by atoms with Gasteiger partial charge in [-0.1, -0.05) is 6.42 Å². The highest BCUT2D eigenvalue weighted by atomic mass is 32.2. The third-order valence-electron chi connectivity index (χ3n) is 3.52. The van der Waals surface area contributed by atoms with Crippen molar-refractivity contribution in [3.05, 3.63) is 0 Å². The van der Waals surface area contributed by atoms with Crippen LogP contribution in [0, 0.1) is 0 Å². The fourth-order valence-electron chi connectivity index (χ4n) is 2.53. The van der Waals surface area contributed by atoms with E-state index in [0.717, 1.165) is 32.1 Å².